The second kappa shape index (κ2) is 6.47. The molecule has 0 saturated carbocycles. The lowest BCUT2D eigenvalue weighted by Crippen LogP contribution is -2.29. The van der Waals surface area contributed by atoms with Crippen LogP contribution in [0.3, 0.4) is 0 Å². The molecule has 2 heterocycles. The van der Waals surface area contributed by atoms with Crippen molar-refractivity contribution in [2.24, 2.45) is 4.99 Å². The van der Waals surface area contributed by atoms with Gasteiger partial charge < -0.3 is 10.6 Å². The third-order valence-electron chi connectivity index (χ3n) is 2.68. The summed E-state index contributed by atoms with van der Waals surface area (Å²) in [5, 5.41) is 6.00. The summed E-state index contributed by atoms with van der Waals surface area (Å²) in [5.41, 5.74) is 1.78. The van der Waals surface area contributed by atoms with Crippen molar-refractivity contribution < 1.29 is 4.39 Å². The van der Waals surface area contributed by atoms with Crippen molar-refractivity contribution in [2.45, 2.75) is 6.92 Å². The lowest BCUT2D eigenvalue weighted by molar-refractivity contribution is 0.588. The van der Waals surface area contributed by atoms with Gasteiger partial charge in [0.15, 0.2) is 0 Å². The maximum Gasteiger partial charge on any atom is 0.236 e. The number of amidine groups is 1. The van der Waals surface area contributed by atoms with Gasteiger partial charge in [0.2, 0.25) is 5.95 Å². The van der Waals surface area contributed by atoms with Crippen LogP contribution in [0.15, 0.2) is 57.8 Å². The van der Waals surface area contributed by atoms with E-state index in [-0.39, 0.29) is 5.69 Å². The molecule has 0 saturated heterocycles. The largest absolute Gasteiger partial charge is 0.366 e. The highest BCUT2D eigenvalue weighted by atomic mass is 79.9. The van der Waals surface area contributed by atoms with Crippen LogP contribution in [0, 0.1) is 5.95 Å². The van der Waals surface area contributed by atoms with Crippen LogP contribution in [-0.2, 0) is 0 Å². The fourth-order valence-corrected chi connectivity index (χ4v) is 1.86. The number of nitrogens with zero attached hydrogens (tertiary/aromatic N) is 2. The summed E-state index contributed by atoms with van der Waals surface area (Å²) in [6.45, 7) is 6.24. The molecule has 0 atom stereocenters. The number of aliphatic imine (C=N–C) groups is 1. The Balaban J connectivity index is 2.33. The van der Waals surface area contributed by atoms with E-state index in [4.69, 9.17) is 0 Å². The minimum atomic E-state index is -0.566. The highest BCUT2D eigenvalue weighted by Gasteiger charge is 2.17. The average molecular weight is 337 g/mol. The molecule has 104 valence electrons. The summed E-state index contributed by atoms with van der Waals surface area (Å²) in [4.78, 5) is 7.91. The number of nitrogens with one attached hydrogen (secondary N) is 2. The Kier molecular flexibility index (Phi) is 4.68. The van der Waals surface area contributed by atoms with Crippen molar-refractivity contribution in [3.63, 3.8) is 0 Å². The molecule has 2 N–H and O–H groups in total. The molecule has 0 amide bonds. The van der Waals surface area contributed by atoms with Gasteiger partial charge in [-0.25, -0.2) is 9.98 Å². The average Bonchev–Trinajstić information content (AvgIpc) is 2.44. The summed E-state index contributed by atoms with van der Waals surface area (Å²) in [6.07, 6.45) is 5.17. The zero-order valence-electron chi connectivity index (χ0n) is 11.0. The Labute approximate surface area is 125 Å². The Hall–Kier alpha value is -1.95. The first-order valence-corrected chi connectivity index (χ1v) is 6.80. The van der Waals surface area contributed by atoms with Crippen molar-refractivity contribution in [2.75, 3.05) is 12.0 Å². The molecule has 0 aliphatic carbocycles. The number of aromatic nitrogens is 1. The third kappa shape index (κ3) is 3.33. The molecule has 20 heavy (non-hydrogen) atoms. The SMILES string of the molecule is C=C1NCN=C(Nc2cccnc2F)/C1=C/C(Br)=C\C. The van der Waals surface area contributed by atoms with Crippen LogP contribution in [0.4, 0.5) is 10.1 Å². The van der Waals surface area contributed by atoms with E-state index in [0.717, 1.165) is 15.8 Å². The smallest absolute Gasteiger partial charge is 0.236 e. The van der Waals surface area contributed by atoms with Crippen molar-refractivity contribution >= 4 is 27.5 Å². The van der Waals surface area contributed by atoms with E-state index in [1.807, 2.05) is 19.1 Å². The minimum absolute atomic E-state index is 0.281. The molecule has 1 aromatic heterocycles. The second-order valence-corrected chi connectivity index (χ2v) is 4.93. The van der Waals surface area contributed by atoms with Gasteiger partial charge in [-0.1, -0.05) is 28.6 Å². The van der Waals surface area contributed by atoms with Gasteiger partial charge >= 0.3 is 0 Å². The number of hydrogen-bond acceptors (Lipinski definition) is 4. The van der Waals surface area contributed by atoms with E-state index >= 15 is 0 Å². The molecule has 0 fully saturated rings. The van der Waals surface area contributed by atoms with Gasteiger partial charge in [0.05, 0.1) is 5.69 Å². The van der Waals surface area contributed by atoms with E-state index < -0.39 is 5.95 Å². The van der Waals surface area contributed by atoms with Crippen LogP contribution in [0.2, 0.25) is 0 Å². The van der Waals surface area contributed by atoms with Crippen LogP contribution in [0.5, 0.6) is 0 Å². The fraction of sp³-hybridized carbons (Fsp3) is 0.143. The van der Waals surface area contributed by atoms with Crippen LogP contribution < -0.4 is 10.6 Å². The maximum atomic E-state index is 13.6. The molecule has 0 unspecified atom stereocenters. The molecule has 0 aromatic carbocycles. The quantitative estimate of drug-likeness (QED) is 0.814. The second-order valence-electron chi connectivity index (χ2n) is 4.02. The van der Waals surface area contributed by atoms with E-state index in [2.05, 4.69) is 43.1 Å². The molecule has 1 aliphatic heterocycles. The number of allylic oxidation sites excluding steroid dienone is 3. The zero-order chi connectivity index (χ0) is 14.5. The molecule has 4 nitrogen and oxygen atoms in total. The lowest BCUT2D eigenvalue weighted by Gasteiger charge is -2.21. The Bertz CT molecular complexity index is 619. The topological polar surface area (TPSA) is 49.3 Å². The molecule has 0 spiro atoms. The third-order valence-corrected chi connectivity index (χ3v) is 3.37. The summed E-state index contributed by atoms with van der Waals surface area (Å²) in [5.74, 6) is -0.0109. The fourth-order valence-electron chi connectivity index (χ4n) is 1.63. The van der Waals surface area contributed by atoms with Crippen molar-refractivity contribution in [3.8, 4) is 0 Å². The molecule has 0 bridgehead atoms. The number of anilines is 1. The summed E-state index contributed by atoms with van der Waals surface area (Å²) in [6, 6.07) is 3.27. The van der Waals surface area contributed by atoms with E-state index in [1.54, 1.807) is 12.1 Å². The van der Waals surface area contributed by atoms with Gasteiger partial charge in [0.1, 0.15) is 12.5 Å². The van der Waals surface area contributed by atoms with Gasteiger partial charge in [-0.2, -0.15) is 4.39 Å². The normalized spacial score (nSPS) is 17.8. The molecule has 0 radical (unpaired) electrons. The van der Waals surface area contributed by atoms with Crippen LogP contribution in [0.25, 0.3) is 0 Å². The monoisotopic (exact) mass is 336 g/mol. The summed E-state index contributed by atoms with van der Waals surface area (Å²) in [7, 11) is 0. The van der Waals surface area contributed by atoms with Gasteiger partial charge in [0.25, 0.3) is 0 Å². The van der Waals surface area contributed by atoms with E-state index in [9.17, 15) is 4.39 Å². The van der Waals surface area contributed by atoms with Crippen molar-refractivity contribution in [1.82, 2.24) is 10.3 Å². The van der Waals surface area contributed by atoms with Crippen molar-refractivity contribution in [1.29, 1.82) is 0 Å². The van der Waals surface area contributed by atoms with Crippen molar-refractivity contribution in [3.05, 3.63) is 58.8 Å². The first-order valence-electron chi connectivity index (χ1n) is 6.01. The molecule has 6 heteroatoms. The number of hydrogen-bond donors (Lipinski definition) is 2. The molecular weight excluding hydrogens is 323 g/mol. The van der Waals surface area contributed by atoms with Gasteiger partial charge in [-0.15, -0.1) is 0 Å². The Morgan fingerprint density at radius 1 is 1.60 bits per heavy atom. The molecule has 1 aromatic rings. The van der Waals surface area contributed by atoms with E-state index in [1.165, 1.54) is 6.20 Å². The Morgan fingerprint density at radius 3 is 3.10 bits per heavy atom. The van der Waals surface area contributed by atoms with Gasteiger partial charge in [0, 0.05) is 21.9 Å². The van der Waals surface area contributed by atoms with Gasteiger partial charge in [-0.3, -0.25) is 0 Å². The highest BCUT2D eigenvalue weighted by Crippen LogP contribution is 2.20. The first-order chi connectivity index (χ1) is 9.61. The van der Waals surface area contributed by atoms with Crippen LogP contribution >= 0.6 is 15.9 Å². The summed E-state index contributed by atoms with van der Waals surface area (Å²) < 4.78 is 14.5. The first kappa shape index (κ1) is 14.5. The maximum absolute atomic E-state index is 13.6. The Morgan fingerprint density at radius 2 is 2.40 bits per heavy atom. The van der Waals surface area contributed by atoms with Crippen LogP contribution in [0.1, 0.15) is 6.92 Å². The standard InChI is InChI=1S/C14H14BrFN4/c1-3-10(15)7-11-9(2)18-8-19-14(11)20-12-5-4-6-17-13(12)16/h3-7,18H,2,8H2,1H3,(H,19,20)/b10-3+,11-7+. The van der Waals surface area contributed by atoms with Gasteiger partial charge in [-0.05, 0) is 25.1 Å². The lowest BCUT2D eigenvalue weighted by atomic mass is 10.1. The number of pyridine rings is 1. The predicted molar refractivity (Wildman–Crippen MR) is 83.2 cm³/mol. The number of halogens is 2. The molecular formula is C14H14BrFN4. The van der Waals surface area contributed by atoms with E-state index in [0.29, 0.717) is 12.5 Å². The highest BCUT2D eigenvalue weighted by molar-refractivity contribution is 9.11. The number of rotatable bonds is 2. The minimum Gasteiger partial charge on any atom is -0.366 e. The summed E-state index contributed by atoms with van der Waals surface area (Å²) >= 11 is 3.41. The van der Waals surface area contributed by atoms with Crippen LogP contribution in [-0.4, -0.2) is 17.5 Å². The molecule has 1 aliphatic rings. The zero-order valence-corrected chi connectivity index (χ0v) is 12.5. The predicted octanol–water partition coefficient (Wildman–Crippen LogP) is 3.33. The molecule has 2 rings (SSSR count).